The molecule has 3 aromatic carbocycles. The maximum Gasteiger partial charge on any atom is 0.243 e. The smallest absolute Gasteiger partial charge is 0.243 e. The zero-order valence-corrected chi connectivity index (χ0v) is 29.0. The number of carbonyl (C=O) groups is 2. The van der Waals surface area contributed by atoms with Crippen LogP contribution in [0.15, 0.2) is 84.9 Å². The predicted molar refractivity (Wildman–Crippen MR) is 194 cm³/mol. The predicted octanol–water partition coefficient (Wildman–Crippen LogP) is 6.66. The summed E-state index contributed by atoms with van der Waals surface area (Å²) in [5.74, 6) is 1.57. The molecule has 0 bridgehead atoms. The highest BCUT2D eigenvalue weighted by Crippen LogP contribution is 2.23. The van der Waals surface area contributed by atoms with Gasteiger partial charge in [0.15, 0.2) is 0 Å². The third-order valence-corrected chi connectivity index (χ3v) is 9.83. The molecule has 0 radical (unpaired) electrons. The quantitative estimate of drug-likeness (QED) is 0.161. The van der Waals surface area contributed by atoms with Gasteiger partial charge < -0.3 is 20.7 Å². The summed E-state index contributed by atoms with van der Waals surface area (Å²) in [6.07, 6.45) is 9.26. The Morgan fingerprint density at radius 3 is 2.04 bits per heavy atom. The van der Waals surface area contributed by atoms with Crippen molar-refractivity contribution in [3.63, 3.8) is 0 Å². The van der Waals surface area contributed by atoms with E-state index in [1.54, 1.807) is 0 Å². The van der Waals surface area contributed by atoms with E-state index in [1.165, 1.54) is 37.7 Å². The Balaban J connectivity index is 1.21. The molecular formula is C41H56N4O3. The summed E-state index contributed by atoms with van der Waals surface area (Å²) < 4.78 is 5.99. The number of benzene rings is 3. The highest BCUT2D eigenvalue weighted by atomic mass is 16.5. The van der Waals surface area contributed by atoms with Gasteiger partial charge in [-0.05, 0) is 79.3 Å². The number of amides is 2. The lowest BCUT2D eigenvalue weighted by molar-refractivity contribution is -0.130. The largest absolute Gasteiger partial charge is 0.489 e. The number of likely N-dealkylation sites (tertiary alicyclic amines) is 1. The van der Waals surface area contributed by atoms with Gasteiger partial charge in [0.2, 0.25) is 11.8 Å². The van der Waals surface area contributed by atoms with Crippen LogP contribution in [0, 0.1) is 11.8 Å². The Morgan fingerprint density at radius 2 is 1.40 bits per heavy atom. The van der Waals surface area contributed by atoms with Crippen molar-refractivity contribution in [2.24, 2.45) is 11.8 Å². The molecule has 7 nitrogen and oxygen atoms in total. The summed E-state index contributed by atoms with van der Waals surface area (Å²) in [4.78, 5) is 30.2. The number of nitrogens with zero attached hydrogens (tertiary/aromatic N) is 1. The molecule has 1 heterocycles. The van der Waals surface area contributed by atoms with Gasteiger partial charge in [-0.3, -0.25) is 14.5 Å². The molecule has 1 saturated heterocycles. The van der Waals surface area contributed by atoms with Crippen molar-refractivity contribution in [1.29, 1.82) is 0 Å². The van der Waals surface area contributed by atoms with Gasteiger partial charge in [0, 0.05) is 32.1 Å². The maximum absolute atomic E-state index is 13.9. The first-order valence-corrected chi connectivity index (χ1v) is 18.3. The highest BCUT2D eigenvalue weighted by molar-refractivity contribution is 5.90. The standard InChI is InChI=1S/C41H56N4O3/c1-31(2)26-38(42-28-33-12-6-3-7-13-33)40(46)44-39(27-32-18-20-37(21-19-32)48-30-35-16-10-5-11-17-35)41(47)43-36-22-24-45(25-23-36)29-34-14-8-4-9-15-34/h4-5,8-11,14-21,31,33,36,38-39,42H,3,6-7,12-13,22-30H2,1-2H3,(H,43,47)(H,44,46)/t38-,39-/m0/s1. The van der Waals surface area contributed by atoms with Gasteiger partial charge in [-0.2, -0.15) is 0 Å². The zero-order chi connectivity index (χ0) is 33.6. The van der Waals surface area contributed by atoms with Crippen LogP contribution in [0.5, 0.6) is 5.75 Å². The molecule has 2 atom stereocenters. The maximum atomic E-state index is 13.9. The van der Waals surface area contributed by atoms with E-state index < -0.39 is 6.04 Å². The van der Waals surface area contributed by atoms with Crippen LogP contribution in [0.2, 0.25) is 0 Å². The van der Waals surface area contributed by atoms with Crippen LogP contribution in [0.1, 0.15) is 81.9 Å². The Labute approximate surface area is 288 Å². The summed E-state index contributed by atoms with van der Waals surface area (Å²) in [6, 6.07) is 27.7. The van der Waals surface area contributed by atoms with Crippen LogP contribution in [0.4, 0.5) is 0 Å². The second kappa shape index (κ2) is 18.8. The first-order chi connectivity index (χ1) is 23.4. The van der Waals surface area contributed by atoms with Crippen molar-refractivity contribution in [3.8, 4) is 5.75 Å². The topological polar surface area (TPSA) is 82.7 Å². The van der Waals surface area contributed by atoms with Crippen LogP contribution in [-0.2, 0) is 29.2 Å². The number of carbonyl (C=O) groups excluding carboxylic acids is 2. The third-order valence-electron chi connectivity index (χ3n) is 9.83. The molecule has 0 spiro atoms. The summed E-state index contributed by atoms with van der Waals surface area (Å²) in [5.41, 5.74) is 3.41. The molecule has 0 aromatic heterocycles. The molecule has 2 amide bonds. The van der Waals surface area contributed by atoms with Gasteiger partial charge in [0.25, 0.3) is 0 Å². The Hall–Kier alpha value is -3.68. The van der Waals surface area contributed by atoms with Crippen LogP contribution < -0.4 is 20.7 Å². The molecule has 7 heteroatoms. The normalized spacial score (nSPS) is 17.5. The van der Waals surface area contributed by atoms with Gasteiger partial charge in [-0.15, -0.1) is 0 Å². The fraction of sp³-hybridized carbons (Fsp3) is 0.512. The minimum absolute atomic E-state index is 0.0832. The molecule has 2 aliphatic rings. The fourth-order valence-corrected chi connectivity index (χ4v) is 7.01. The second-order valence-corrected chi connectivity index (χ2v) is 14.3. The van der Waals surface area contributed by atoms with Crippen molar-refractivity contribution in [2.45, 2.75) is 103 Å². The minimum atomic E-state index is -0.665. The van der Waals surface area contributed by atoms with Crippen molar-refractivity contribution >= 4 is 11.8 Å². The van der Waals surface area contributed by atoms with Crippen LogP contribution >= 0.6 is 0 Å². The summed E-state index contributed by atoms with van der Waals surface area (Å²) in [5, 5.41) is 10.1. The van der Waals surface area contributed by atoms with E-state index in [0.29, 0.717) is 24.9 Å². The lowest BCUT2D eigenvalue weighted by atomic mass is 9.89. The van der Waals surface area contributed by atoms with E-state index in [1.807, 2.05) is 60.7 Å². The van der Waals surface area contributed by atoms with Crippen LogP contribution in [0.25, 0.3) is 0 Å². The van der Waals surface area contributed by atoms with E-state index in [9.17, 15) is 9.59 Å². The van der Waals surface area contributed by atoms with Crippen molar-refractivity contribution in [3.05, 3.63) is 102 Å². The summed E-state index contributed by atoms with van der Waals surface area (Å²) >= 11 is 0. The molecule has 5 rings (SSSR count). The molecule has 0 unspecified atom stereocenters. The monoisotopic (exact) mass is 652 g/mol. The lowest BCUT2D eigenvalue weighted by Gasteiger charge is -2.33. The van der Waals surface area contributed by atoms with Crippen LogP contribution in [0.3, 0.4) is 0 Å². The number of nitrogens with one attached hydrogen (secondary N) is 3. The molecule has 3 aromatic rings. The van der Waals surface area contributed by atoms with E-state index in [4.69, 9.17) is 4.74 Å². The summed E-state index contributed by atoms with van der Waals surface area (Å²) in [7, 11) is 0. The Bertz CT molecular complexity index is 1370. The first-order valence-electron chi connectivity index (χ1n) is 18.3. The molecule has 1 aliphatic carbocycles. The first kappa shape index (κ1) is 35.6. The van der Waals surface area contributed by atoms with E-state index in [0.717, 1.165) is 62.3 Å². The second-order valence-electron chi connectivity index (χ2n) is 14.3. The number of ether oxygens (including phenoxy) is 1. The molecule has 1 aliphatic heterocycles. The van der Waals surface area contributed by atoms with Gasteiger partial charge in [0.05, 0.1) is 6.04 Å². The Morgan fingerprint density at radius 1 is 0.750 bits per heavy atom. The third kappa shape index (κ3) is 11.8. The molecule has 48 heavy (non-hydrogen) atoms. The van der Waals surface area contributed by atoms with Crippen LogP contribution in [-0.4, -0.2) is 54.5 Å². The van der Waals surface area contributed by atoms with Crippen molar-refractivity contribution in [2.75, 3.05) is 19.6 Å². The zero-order valence-electron chi connectivity index (χ0n) is 29.0. The number of rotatable bonds is 16. The lowest BCUT2D eigenvalue weighted by Crippen LogP contribution is -2.56. The van der Waals surface area contributed by atoms with E-state index in [-0.39, 0.29) is 23.9 Å². The van der Waals surface area contributed by atoms with Gasteiger partial charge in [0.1, 0.15) is 18.4 Å². The van der Waals surface area contributed by atoms with E-state index >= 15 is 0 Å². The average Bonchev–Trinajstić information content (AvgIpc) is 3.11. The van der Waals surface area contributed by atoms with Crippen molar-refractivity contribution in [1.82, 2.24) is 20.9 Å². The number of piperidine rings is 1. The molecule has 1 saturated carbocycles. The number of hydrogen-bond donors (Lipinski definition) is 3. The van der Waals surface area contributed by atoms with Crippen molar-refractivity contribution < 1.29 is 14.3 Å². The Kier molecular flexibility index (Phi) is 13.9. The average molecular weight is 653 g/mol. The molecule has 258 valence electrons. The minimum Gasteiger partial charge on any atom is -0.489 e. The molecular weight excluding hydrogens is 596 g/mol. The number of hydrogen-bond acceptors (Lipinski definition) is 5. The summed E-state index contributed by atoms with van der Waals surface area (Å²) in [6.45, 7) is 8.45. The van der Waals surface area contributed by atoms with Gasteiger partial charge >= 0.3 is 0 Å². The highest BCUT2D eigenvalue weighted by Gasteiger charge is 2.29. The van der Waals surface area contributed by atoms with E-state index in [2.05, 4.69) is 59.0 Å². The van der Waals surface area contributed by atoms with Gasteiger partial charge in [-0.1, -0.05) is 106 Å². The SMILES string of the molecule is CC(C)C[C@H](NCC1CCCCC1)C(=O)N[C@@H](Cc1ccc(OCc2ccccc2)cc1)C(=O)NC1CCN(Cc2ccccc2)CC1. The molecule has 2 fully saturated rings. The fourth-order valence-electron chi connectivity index (χ4n) is 7.01. The van der Waals surface area contributed by atoms with Gasteiger partial charge in [-0.25, -0.2) is 0 Å². The molecule has 3 N–H and O–H groups in total.